The van der Waals surface area contributed by atoms with E-state index in [1.807, 2.05) is 0 Å². The van der Waals surface area contributed by atoms with Crippen molar-refractivity contribution in [1.82, 2.24) is 5.32 Å². The zero-order valence-corrected chi connectivity index (χ0v) is 13.2. The Labute approximate surface area is 113 Å². The van der Waals surface area contributed by atoms with Crippen molar-refractivity contribution < 1.29 is 9.84 Å². The normalized spacial score (nSPS) is 16.0. The second-order valence-corrected chi connectivity index (χ2v) is 7.04. The van der Waals surface area contributed by atoms with Crippen LogP contribution in [0.5, 0.6) is 0 Å². The first-order valence-corrected chi connectivity index (χ1v) is 7.15. The Bertz CT molecular complexity index is 211. The van der Waals surface area contributed by atoms with E-state index < -0.39 is 0 Å². The molecule has 0 aliphatic carbocycles. The third-order valence-electron chi connectivity index (χ3n) is 3.00. The maximum absolute atomic E-state index is 9.44. The van der Waals surface area contributed by atoms with Crippen molar-refractivity contribution in [2.75, 3.05) is 19.8 Å². The lowest BCUT2D eigenvalue weighted by Crippen LogP contribution is -2.49. The topological polar surface area (TPSA) is 41.5 Å². The Morgan fingerprint density at radius 1 is 1.06 bits per heavy atom. The first kappa shape index (κ1) is 17.9. The van der Waals surface area contributed by atoms with Crippen LogP contribution in [0, 0.1) is 5.41 Å². The third kappa shape index (κ3) is 9.86. The lowest BCUT2D eigenvalue weighted by atomic mass is 9.93. The molecule has 0 saturated heterocycles. The van der Waals surface area contributed by atoms with E-state index in [4.69, 9.17) is 4.74 Å². The minimum absolute atomic E-state index is 0.174. The van der Waals surface area contributed by atoms with Crippen molar-refractivity contribution in [3.8, 4) is 0 Å². The molecule has 2 N–H and O–H groups in total. The smallest absolute Gasteiger partial charge is 0.0610 e. The molecule has 1 unspecified atom stereocenters. The Balaban J connectivity index is 3.69. The van der Waals surface area contributed by atoms with Crippen molar-refractivity contribution in [2.24, 2.45) is 5.41 Å². The summed E-state index contributed by atoms with van der Waals surface area (Å²) in [7, 11) is 0. The predicted octanol–water partition coefficient (Wildman–Crippen LogP) is 2.97. The molecule has 0 aliphatic heterocycles. The maximum atomic E-state index is 9.44. The summed E-state index contributed by atoms with van der Waals surface area (Å²) >= 11 is 0. The highest BCUT2D eigenvalue weighted by molar-refractivity contribution is 4.83. The van der Waals surface area contributed by atoms with Crippen LogP contribution in [0.3, 0.4) is 0 Å². The minimum Gasteiger partial charge on any atom is -0.394 e. The van der Waals surface area contributed by atoms with Gasteiger partial charge in [0.1, 0.15) is 0 Å². The molecule has 0 spiro atoms. The van der Waals surface area contributed by atoms with Crippen LogP contribution in [0.25, 0.3) is 0 Å². The van der Waals surface area contributed by atoms with Crippen LogP contribution >= 0.6 is 0 Å². The summed E-state index contributed by atoms with van der Waals surface area (Å²) in [4.78, 5) is 0. The van der Waals surface area contributed by atoms with E-state index in [0.29, 0.717) is 11.5 Å². The van der Waals surface area contributed by atoms with Gasteiger partial charge in [-0.15, -0.1) is 0 Å². The average Bonchev–Trinajstić information content (AvgIpc) is 2.20. The minimum atomic E-state index is -0.179. The second-order valence-electron chi connectivity index (χ2n) is 7.04. The molecule has 0 amide bonds. The highest BCUT2D eigenvalue weighted by Gasteiger charge is 2.23. The van der Waals surface area contributed by atoms with E-state index >= 15 is 0 Å². The maximum Gasteiger partial charge on any atom is 0.0610 e. The molecule has 18 heavy (non-hydrogen) atoms. The van der Waals surface area contributed by atoms with Gasteiger partial charge in [0, 0.05) is 24.8 Å². The Morgan fingerprint density at radius 3 is 2.11 bits per heavy atom. The fourth-order valence-electron chi connectivity index (χ4n) is 1.94. The standard InChI is InChI=1S/C15H33NO2/c1-13(2)16-15(6,12-17)8-7-10-18-11-9-14(3,4)5/h13,16-17H,7-12H2,1-6H3. The molecule has 0 rings (SSSR count). The van der Waals surface area contributed by atoms with Gasteiger partial charge in [-0.05, 0) is 31.6 Å². The lowest BCUT2D eigenvalue weighted by Gasteiger charge is -2.31. The van der Waals surface area contributed by atoms with Gasteiger partial charge in [0.25, 0.3) is 0 Å². The molecule has 0 radical (unpaired) electrons. The summed E-state index contributed by atoms with van der Waals surface area (Å²) in [5.74, 6) is 0. The van der Waals surface area contributed by atoms with Gasteiger partial charge in [0.2, 0.25) is 0 Å². The van der Waals surface area contributed by atoms with Crippen LogP contribution in [-0.2, 0) is 4.74 Å². The Morgan fingerprint density at radius 2 is 1.67 bits per heavy atom. The Hall–Kier alpha value is -0.120. The molecule has 0 saturated carbocycles. The number of rotatable bonds is 9. The number of aliphatic hydroxyl groups is 1. The molecule has 1 atom stereocenters. The largest absolute Gasteiger partial charge is 0.394 e. The van der Waals surface area contributed by atoms with E-state index in [2.05, 4.69) is 46.9 Å². The van der Waals surface area contributed by atoms with E-state index in [0.717, 1.165) is 32.5 Å². The van der Waals surface area contributed by atoms with Crippen LogP contribution < -0.4 is 5.32 Å². The fourth-order valence-corrected chi connectivity index (χ4v) is 1.94. The molecular formula is C15H33NO2. The quantitative estimate of drug-likeness (QED) is 0.626. The van der Waals surface area contributed by atoms with Crippen LogP contribution in [0.15, 0.2) is 0 Å². The summed E-state index contributed by atoms with van der Waals surface area (Å²) in [6, 6.07) is 0.393. The van der Waals surface area contributed by atoms with E-state index in [1.165, 1.54) is 0 Å². The number of hydrogen-bond acceptors (Lipinski definition) is 3. The van der Waals surface area contributed by atoms with E-state index in [-0.39, 0.29) is 12.1 Å². The van der Waals surface area contributed by atoms with Crippen molar-refractivity contribution in [1.29, 1.82) is 0 Å². The van der Waals surface area contributed by atoms with Crippen molar-refractivity contribution in [3.63, 3.8) is 0 Å². The molecule has 0 aromatic carbocycles. The molecule has 3 heteroatoms. The fraction of sp³-hybridized carbons (Fsp3) is 1.00. The molecule has 0 fully saturated rings. The average molecular weight is 259 g/mol. The van der Waals surface area contributed by atoms with Gasteiger partial charge in [0.15, 0.2) is 0 Å². The van der Waals surface area contributed by atoms with E-state index in [1.54, 1.807) is 0 Å². The zero-order valence-electron chi connectivity index (χ0n) is 13.2. The lowest BCUT2D eigenvalue weighted by molar-refractivity contribution is 0.0908. The van der Waals surface area contributed by atoms with Crippen molar-refractivity contribution >= 4 is 0 Å². The summed E-state index contributed by atoms with van der Waals surface area (Å²) in [5.41, 5.74) is 0.167. The third-order valence-corrected chi connectivity index (χ3v) is 3.00. The number of nitrogens with one attached hydrogen (secondary N) is 1. The van der Waals surface area contributed by atoms with Gasteiger partial charge in [-0.3, -0.25) is 0 Å². The molecule has 0 aliphatic rings. The number of aliphatic hydroxyl groups excluding tert-OH is 1. The van der Waals surface area contributed by atoms with Gasteiger partial charge in [0.05, 0.1) is 6.61 Å². The monoisotopic (exact) mass is 259 g/mol. The highest BCUT2D eigenvalue weighted by Crippen LogP contribution is 2.18. The molecule has 110 valence electrons. The van der Waals surface area contributed by atoms with E-state index in [9.17, 15) is 5.11 Å². The van der Waals surface area contributed by atoms with Crippen molar-refractivity contribution in [2.45, 2.75) is 72.4 Å². The molecule has 0 aromatic heterocycles. The van der Waals surface area contributed by atoms with Gasteiger partial charge in [-0.1, -0.05) is 34.6 Å². The van der Waals surface area contributed by atoms with Crippen LogP contribution in [-0.4, -0.2) is 36.5 Å². The summed E-state index contributed by atoms with van der Waals surface area (Å²) in [6.45, 7) is 14.8. The molecule has 0 aromatic rings. The molecular weight excluding hydrogens is 226 g/mol. The van der Waals surface area contributed by atoms with Gasteiger partial charge < -0.3 is 15.2 Å². The van der Waals surface area contributed by atoms with Gasteiger partial charge in [-0.25, -0.2) is 0 Å². The second kappa shape index (κ2) is 8.13. The number of hydrogen-bond donors (Lipinski definition) is 2. The van der Waals surface area contributed by atoms with Gasteiger partial charge >= 0.3 is 0 Å². The van der Waals surface area contributed by atoms with Crippen LogP contribution in [0.2, 0.25) is 0 Å². The summed E-state index contributed by atoms with van der Waals surface area (Å²) in [5, 5.41) is 12.9. The highest BCUT2D eigenvalue weighted by atomic mass is 16.5. The van der Waals surface area contributed by atoms with Gasteiger partial charge in [-0.2, -0.15) is 0 Å². The van der Waals surface area contributed by atoms with Crippen molar-refractivity contribution in [3.05, 3.63) is 0 Å². The predicted molar refractivity (Wildman–Crippen MR) is 77.9 cm³/mol. The SMILES string of the molecule is CC(C)NC(C)(CO)CCCOCCC(C)(C)C. The number of ether oxygens (including phenoxy) is 1. The molecule has 3 nitrogen and oxygen atoms in total. The summed E-state index contributed by atoms with van der Waals surface area (Å²) < 4.78 is 5.65. The first-order valence-electron chi connectivity index (χ1n) is 7.15. The molecule has 0 bridgehead atoms. The molecule has 0 heterocycles. The first-order chi connectivity index (χ1) is 8.18. The van der Waals surface area contributed by atoms with Crippen LogP contribution in [0.4, 0.5) is 0 Å². The zero-order chi connectivity index (χ0) is 14.2. The summed E-state index contributed by atoms with van der Waals surface area (Å²) in [6.07, 6.45) is 3.02. The van der Waals surface area contributed by atoms with Crippen LogP contribution in [0.1, 0.15) is 60.8 Å². The Kier molecular flexibility index (Phi) is 8.08.